The zero-order chi connectivity index (χ0) is 27.6. The number of hydrogen-bond acceptors (Lipinski definition) is 1. The molecule has 0 unspecified atom stereocenters. The van der Waals surface area contributed by atoms with Crippen molar-refractivity contribution in [3.63, 3.8) is 0 Å². The minimum absolute atomic E-state index is 0.214. The Kier molecular flexibility index (Phi) is 5.06. The Morgan fingerprint density at radius 2 is 1.00 bits per heavy atom. The molecule has 194 valence electrons. The summed E-state index contributed by atoms with van der Waals surface area (Å²) in [4.78, 5) is 2.39. The third kappa shape index (κ3) is 3.33. The Hall–Kier alpha value is -5.34. The molecule has 2 heteroatoms. The van der Waals surface area contributed by atoms with Crippen LogP contribution in [0.3, 0.4) is 0 Å². The van der Waals surface area contributed by atoms with Crippen LogP contribution in [0.2, 0.25) is 0 Å². The first-order valence-electron chi connectivity index (χ1n) is 14.7. The highest BCUT2D eigenvalue weighted by atomic mass is 15.1. The fourth-order valence-corrected chi connectivity index (χ4v) is 7.33. The summed E-state index contributed by atoms with van der Waals surface area (Å²) in [6.45, 7) is 0.214. The molecule has 1 aliphatic heterocycles. The fourth-order valence-electron chi connectivity index (χ4n) is 7.33. The van der Waals surface area contributed by atoms with E-state index in [0.717, 1.165) is 11.4 Å². The zero-order valence-electron chi connectivity index (χ0n) is 23.0. The maximum Gasteiger partial charge on any atom is 0.243 e. The summed E-state index contributed by atoms with van der Waals surface area (Å²) < 4.78 is 0. The monoisotopic (exact) mass is 531 g/mol. The van der Waals surface area contributed by atoms with Gasteiger partial charge in [-0.15, -0.1) is 0 Å². The van der Waals surface area contributed by atoms with Crippen molar-refractivity contribution in [2.75, 3.05) is 4.90 Å². The van der Waals surface area contributed by atoms with Crippen LogP contribution in [0.4, 0.5) is 17.1 Å². The van der Waals surface area contributed by atoms with Crippen molar-refractivity contribution >= 4 is 72.5 Å². The third-order valence-electron chi connectivity index (χ3n) is 9.06. The molecule has 1 heterocycles. The van der Waals surface area contributed by atoms with E-state index in [2.05, 4.69) is 163 Å². The predicted molar refractivity (Wildman–Crippen MR) is 181 cm³/mol. The molecule has 0 saturated carbocycles. The number of hydrogen-bond donors (Lipinski definition) is 0. The number of benzene rings is 8. The van der Waals surface area contributed by atoms with Crippen molar-refractivity contribution in [1.82, 2.24) is 0 Å². The predicted octanol–water partition coefficient (Wildman–Crippen LogP) is 8.55. The molecule has 1 aliphatic rings. The van der Waals surface area contributed by atoms with Crippen molar-refractivity contribution in [2.24, 2.45) is 0 Å². The normalized spacial score (nSPS) is 12.2. The van der Waals surface area contributed by atoms with E-state index in [1.54, 1.807) is 0 Å². The molecule has 0 radical (unpaired) electrons. The first kappa shape index (κ1) is 23.4. The Balaban J connectivity index is 1.37. The maximum atomic E-state index is 2.44. The number of para-hydroxylation sites is 2. The molecule has 0 aliphatic carbocycles. The topological polar surface area (TPSA) is 3.24 Å². The van der Waals surface area contributed by atoms with Gasteiger partial charge in [-0.25, -0.2) is 0 Å². The van der Waals surface area contributed by atoms with Gasteiger partial charge in [0.05, 0.1) is 5.69 Å². The van der Waals surface area contributed by atoms with Gasteiger partial charge >= 0.3 is 0 Å². The molecule has 8 aromatic rings. The Labute approximate surface area is 245 Å². The van der Waals surface area contributed by atoms with Gasteiger partial charge in [0.1, 0.15) is 0 Å². The van der Waals surface area contributed by atoms with Crippen molar-refractivity contribution in [3.8, 4) is 11.1 Å². The van der Waals surface area contributed by atoms with Crippen molar-refractivity contribution < 1.29 is 0 Å². The summed E-state index contributed by atoms with van der Waals surface area (Å²) in [5.41, 5.74) is 10.4. The van der Waals surface area contributed by atoms with Crippen LogP contribution in [0.5, 0.6) is 0 Å². The summed E-state index contributed by atoms with van der Waals surface area (Å²) in [6.07, 6.45) is 0. The lowest BCUT2D eigenvalue weighted by Gasteiger charge is -2.28. The number of anilines is 3. The van der Waals surface area contributed by atoms with Gasteiger partial charge in [-0.2, -0.15) is 0 Å². The molecule has 0 amide bonds. The SMILES string of the molecule is c1ccc(B2c3ccccc3-c3cc4ccc5c(N(c6ccccc6)c6ccccc6)ccc6ccc(c32)c4c65)cc1. The van der Waals surface area contributed by atoms with Crippen LogP contribution in [0, 0.1) is 0 Å². The van der Waals surface area contributed by atoms with Gasteiger partial charge in [-0.05, 0) is 74.5 Å². The van der Waals surface area contributed by atoms with E-state index in [9.17, 15) is 0 Å². The summed E-state index contributed by atoms with van der Waals surface area (Å²) in [7, 11) is 0. The van der Waals surface area contributed by atoms with E-state index in [1.165, 1.54) is 65.5 Å². The molecule has 1 nitrogen and oxygen atoms in total. The van der Waals surface area contributed by atoms with Crippen LogP contribution in [-0.4, -0.2) is 6.71 Å². The molecule has 0 aromatic heterocycles. The van der Waals surface area contributed by atoms with Crippen molar-refractivity contribution in [1.29, 1.82) is 0 Å². The van der Waals surface area contributed by atoms with Crippen LogP contribution >= 0.6 is 0 Å². The molecule has 8 aromatic carbocycles. The van der Waals surface area contributed by atoms with E-state index in [1.807, 2.05) is 0 Å². The van der Waals surface area contributed by atoms with Crippen LogP contribution in [0.25, 0.3) is 43.4 Å². The van der Waals surface area contributed by atoms with Crippen LogP contribution < -0.4 is 21.3 Å². The Bertz CT molecular complexity index is 2200. The van der Waals surface area contributed by atoms with Crippen molar-refractivity contribution in [2.45, 2.75) is 0 Å². The van der Waals surface area contributed by atoms with Gasteiger partial charge in [0, 0.05) is 16.8 Å². The molecular weight excluding hydrogens is 505 g/mol. The second-order valence-corrected chi connectivity index (χ2v) is 11.3. The molecule has 9 rings (SSSR count). The first-order chi connectivity index (χ1) is 20.9. The second-order valence-electron chi connectivity index (χ2n) is 11.3. The lowest BCUT2D eigenvalue weighted by Crippen LogP contribution is -2.49. The molecular formula is C40H26BN. The quantitative estimate of drug-likeness (QED) is 0.163. The van der Waals surface area contributed by atoms with E-state index in [-0.39, 0.29) is 6.71 Å². The van der Waals surface area contributed by atoms with Gasteiger partial charge in [-0.1, -0.05) is 138 Å². The molecule has 0 N–H and O–H groups in total. The van der Waals surface area contributed by atoms with Gasteiger partial charge in [0.25, 0.3) is 0 Å². The molecule has 0 spiro atoms. The highest BCUT2D eigenvalue weighted by molar-refractivity contribution is 7.00. The van der Waals surface area contributed by atoms with Crippen LogP contribution in [0.1, 0.15) is 0 Å². The molecule has 0 saturated heterocycles. The second kappa shape index (κ2) is 9.09. The Morgan fingerprint density at radius 1 is 0.429 bits per heavy atom. The van der Waals surface area contributed by atoms with Gasteiger partial charge < -0.3 is 4.90 Å². The zero-order valence-corrected chi connectivity index (χ0v) is 23.0. The summed E-state index contributed by atoms with van der Waals surface area (Å²) in [5.74, 6) is 0. The van der Waals surface area contributed by atoms with E-state index >= 15 is 0 Å². The van der Waals surface area contributed by atoms with Crippen LogP contribution in [0.15, 0.2) is 158 Å². The van der Waals surface area contributed by atoms with Crippen LogP contribution in [-0.2, 0) is 0 Å². The lowest BCUT2D eigenvalue weighted by atomic mass is 9.38. The summed E-state index contributed by atoms with van der Waals surface area (Å²) in [5, 5.41) is 7.90. The number of fused-ring (bicyclic) bond motifs is 4. The van der Waals surface area contributed by atoms with E-state index in [0.29, 0.717) is 0 Å². The lowest BCUT2D eigenvalue weighted by molar-refractivity contribution is 1.30. The fraction of sp³-hybridized carbons (Fsp3) is 0. The van der Waals surface area contributed by atoms with Gasteiger partial charge in [0.15, 0.2) is 0 Å². The third-order valence-corrected chi connectivity index (χ3v) is 9.06. The average molecular weight is 531 g/mol. The summed E-state index contributed by atoms with van der Waals surface area (Å²) in [6, 6.07) is 57.8. The van der Waals surface area contributed by atoms with E-state index < -0.39 is 0 Å². The first-order valence-corrected chi connectivity index (χ1v) is 14.7. The highest BCUT2D eigenvalue weighted by Crippen LogP contribution is 2.44. The average Bonchev–Trinajstić information content (AvgIpc) is 3.40. The molecule has 0 atom stereocenters. The molecule has 0 bridgehead atoms. The number of rotatable bonds is 4. The standard InChI is InChI=1S/C40H26BN/c1-4-12-29(13-5-1)41-36-19-11-10-18-32(36)35-26-28-21-23-33-37(25-22-27-20-24-34(40(35)41)39(28)38(27)33)42(30-14-6-2-7-15-30)31-16-8-3-9-17-31/h1-26H. The van der Waals surface area contributed by atoms with Gasteiger partial charge in [-0.3, -0.25) is 0 Å². The Morgan fingerprint density at radius 3 is 1.74 bits per heavy atom. The van der Waals surface area contributed by atoms with Gasteiger partial charge in [0.2, 0.25) is 6.71 Å². The molecule has 0 fully saturated rings. The van der Waals surface area contributed by atoms with Crippen molar-refractivity contribution in [3.05, 3.63) is 158 Å². The maximum absolute atomic E-state index is 2.44. The molecule has 42 heavy (non-hydrogen) atoms. The summed E-state index contributed by atoms with van der Waals surface area (Å²) >= 11 is 0. The smallest absolute Gasteiger partial charge is 0.243 e. The van der Waals surface area contributed by atoms with E-state index in [4.69, 9.17) is 0 Å². The number of nitrogens with zero attached hydrogens (tertiary/aromatic N) is 1. The minimum atomic E-state index is 0.214. The highest BCUT2D eigenvalue weighted by Gasteiger charge is 2.35. The largest absolute Gasteiger partial charge is 0.310 e. The minimum Gasteiger partial charge on any atom is -0.310 e.